The van der Waals surface area contributed by atoms with Crippen molar-refractivity contribution < 1.29 is 9.69 Å². The lowest BCUT2D eigenvalue weighted by atomic mass is 10.0. The third-order valence-electron chi connectivity index (χ3n) is 4.34. The summed E-state index contributed by atoms with van der Waals surface area (Å²) in [4.78, 5) is 15.4. The Bertz CT molecular complexity index is 741. The van der Waals surface area contributed by atoms with E-state index in [1.807, 2.05) is 24.3 Å². The van der Waals surface area contributed by atoms with E-state index < -0.39 is 0 Å². The molecule has 0 spiro atoms. The van der Waals surface area contributed by atoms with Crippen LogP contribution >= 0.6 is 22.9 Å². The Labute approximate surface area is 138 Å². The molecule has 1 amide bonds. The third-order valence-corrected chi connectivity index (χ3v) is 5.75. The fraction of sp³-hybridized carbons (Fsp3) is 0.312. The second kappa shape index (κ2) is 5.26. The van der Waals surface area contributed by atoms with E-state index in [-0.39, 0.29) is 12.1 Å². The van der Waals surface area contributed by atoms with E-state index in [0.717, 1.165) is 35.6 Å². The molecule has 0 saturated carbocycles. The van der Waals surface area contributed by atoms with Crippen molar-refractivity contribution >= 4 is 33.8 Å². The predicted octanol–water partition coefficient (Wildman–Crippen LogP) is 1.83. The van der Waals surface area contributed by atoms with Gasteiger partial charge < -0.3 is 15.5 Å². The molecule has 1 unspecified atom stereocenters. The zero-order valence-electron chi connectivity index (χ0n) is 12.2. The van der Waals surface area contributed by atoms with E-state index >= 15 is 0 Å². The minimum Gasteiger partial charge on any atom is -0.353 e. The topological polar surface area (TPSA) is 45.6 Å². The molecular formula is C16H17ClN3OS+. The molecule has 2 aliphatic heterocycles. The van der Waals surface area contributed by atoms with Gasteiger partial charge in [0.15, 0.2) is 0 Å². The van der Waals surface area contributed by atoms with Crippen molar-refractivity contribution in [3.8, 4) is 0 Å². The standard InChI is InChI=1S/C16H16ClN3OS/c1-20-7-6-11-12(8-20)22-16-13(11)15(21)18-14(19-16)9-2-4-10(17)5-3-9/h2-5,14,19H,6-8H2,1H3,(H,18,21)/p+1/t14-/m1/s1. The smallest absolute Gasteiger partial charge is 0.256 e. The minimum absolute atomic E-state index is 0.0331. The van der Waals surface area contributed by atoms with Gasteiger partial charge >= 0.3 is 0 Å². The van der Waals surface area contributed by atoms with Crippen LogP contribution in [0.3, 0.4) is 0 Å². The Morgan fingerprint density at radius 3 is 2.82 bits per heavy atom. The van der Waals surface area contributed by atoms with E-state index in [1.165, 1.54) is 15.3 Å². The van der Waals surface area contributed by atoms with Crippen molar-refractivity contribution in [2.24, 2.45) is 0 Å². The van der Waals surface area contributed by atoms with Gasteiger partial charge in [0.05, 0.1) is 24.0 Å². The average Bonchev–Trinajstić information content (AvgIpc) is 2.85. The Balaban J connectivity index is 1.69. The van der Waals surface area contributed by atoms with Crippen LogP contribution in [-0.2, 0) is 13.0 Å². The number of anilines is 1. The number of quaternary nitrogens is 1. The molecule has 0 fully saturated rings. The van der Waals surface area contributed by atoms with Gasteiger partial charge in [-0.25, -0.2) is 0 Å². The van der Waals surface area contributed by atoms with Crippen LogP contribution in [0.25, 0.3) is 0 Å². The SMILES string of the molecule is C[NH+]1CCc2c(sc3c2C(=O)N[C@@H](c2ccc(Cl)cc2)N3)C1. The fourth-order valence-corrected chi connectivity index (χ4v) is 4.67. The van der Waals surface area contributed by atoms with Gasteiger partial charge in [-0.3, -0.25) is 4.79 Å². The van der Waals surface area contributed by atoms with Gasteiger partial charge in [0.25, 0.3) is 5.91 Å². The molecule has 6 heteroatoms. The summed E-state index contributed by atoms with van der Waals surface area (Å²) in [5.41, 5.74) is 3.11. The lowest BCUT2D eigenvalue weighted by Gasteiger charge is -2.27. The molecule has 2 atom stereocenters. The Hall–Kier alpha value is -1.56. The first kappa shape index (κ1) is 14.1. The zero-order chi connectivity index (χ0) is 15.3. The molecule has 3 N–H and O–H groups in total. The van der Waals surface area contributed by atoms with Gasteiger partial charge in [-0.2, -0.15) is 0 Å². The molecule has 1 aromatic carbocycles. The van der Waals surface area contributed by atoms with Crippen LogP contribution in [0.4, 0.5) is 5.00 Å². The number of carbonyl (C=O) groups excluding carboxylic acids is 1. The molecule has 0 saturated heterocycles. The number of carbonyl (C=O) groups is 1. The lowest BCUT2D eigenvalue weighted by Crippen LogP contribution is -3.08. The van der Waals surface area contributed by atoms with E-state index in [2.05, 4.69) is 17.7 Å². The Morgan fingerprint density at radius 2 is 2.05 bits per heavy atom. The van der Waals surface area contributed by atoms with Gasteiger partial charge in [-0.05, 0) is 23.3 Å². The number of nitrogens with one attached hydrogen (secondary N) is 3. The minimum atomic E-state index is -0.192. The number of hydrogen-bond acceptors (Lipinski definition) is 3. The summed E-state index contributed by atoms with van der Waals surface area (Å²) in [6.07, 6.45) is 0.788. The van der Waals surface area contributed by atoms with Gasteiger partial charge in [-0.1, -0.05) is 23.7 Å². The summed E-state index contributed by atoms with van der Waals surface area (Å²) < 4.78 is 0. The molecule has 2 aromatic rings. The quantitative estimate of drug-likeness (QED) is 0.745. The highest BCUT2D eigenvalue weighted by atomic mass is 35.5. The highest BCUT2D eigenvalue weighted by Gasteiger charge is 2.33. The summed E-state index contributed by atoms with van der Waals surface area (Å²) >= 11 is 7.66. The van der Waals surface area contributed by atoms with Crippen LogP contribution in [0.2, 0.25) is 5.02 Å². The van der Waals surface area contributed by atoms with Crippen molar-refractivity contribution in [1.29, 1.82) is 0 Å². The molecule has 0 radical (unpaired) electrons. The molecule has 2 aliphatic rings. The van der Waals surface area contributed by atoms with Gasteiger partial charge in [0.2, 0.25) is 0 Å². The van der Waals surface area contributed by atoms with Crippen LogP contribution < -0.4 is 15.5 Å². The van der Waals surface area contributed by atoms with Crippen LogP contribution in [0.5, 0.6) is 0 Å². The normalized spacial score (nSPS) is 23.3. The maximum Gasteiger partial charge on any atom is 0.256 e. The van der Waals surface area contributed by atoms with Crippen molar-refractivity contribution in [2.75, 3.05) is 18.9 Å². The van der Waals surface area contributed by atoms with E-state index in [9.17, 15) is 4.79 Å². The molecule has 22 heavy (non-hydrogen) atoms. The van der Waals surface area contributed by atoms with E-state index in [1.54, 1.807) is 11.3 Å². The van der Waals surface area contributed by atoms with Gasteiger partial charge in [0, 0.05) is 11.4 Å². The average molecular weight is 335 g/mol. The number of likely N-dealkylation sites (N-methyl/N-ethyl adjacent to an activating group) is 1. The van der Waals surface area contributed by atoms with Crippen molar-refractivity contribution in [2.45, 2.75) is 19.1 Å². The van der Waals surface area contributed by atoms with E-state index in [4.69, 9.17) is 11.6 Å². The van der Waals surface area contributed by atoms with Crippen molar-refractivity contribution in [1.82, 2.24) is 5.32 Å². The monoisotopic (exact) mass is 334 g/mol. The summed E-state index contributed by atoms with van der Waals surface area (Å²) in [5, 5.41) is 8.23. The maximum absolute atomic E-state index is 12.6. The highest BCUT2D eigenvalue weighted by molar-refractivity contribution is 7.16. The van der Waals surface area contributed by atoms with Crippen LogP contribution in [-0.4, -0.2) is 19.5 Å². The molecule has 0 bridgehead atoms. The molecule has 3 heterocycles. The van der Waals surface area contributed by atoms with Crippen molar-refractivity contribution in [3.63, 3.8) is 0 Å². The second-order valence-corrected chi connectivity index (χ2v) is 7.49. The number of halogens is 1. The second-order valence-electron chi connectivity index (χ2n) is 5.94. The first-order chi connectivity index (χ1) is 10.6. The zero-order valence-corrected chi connectivity index (χ0v) is 13.8. The molecule has 1 aromatic heterocycles. The molecule has 0 aliphatic carbocycles. The number of rotatable bonds is 1. The summed E-state index contributed by atoms with van der Waals surface area (Å²) in [6.45, 7) is 2.09. The predicted molar refractivity (Wildman–Crippen MR) is 88.8 cm³/mol. The van der Waals surface area contributed by atoms with Crippen LogP contribution in [0.15, 0.2) is 24.3 Å². The molecule has 4 nitrogen and oxygen atoms in total. The van der Waals surface area contributed by atoms with Gasteiger partial charge in [0.1, 0.15) is 17.7 Å². The molecule has 114 valence electrons. The largest absolute Gasteiger partial charge is 0.353 e. The van der Waals surface area contributed by atoms with Gasteiger partial charge in [-0.15, -0.1) is 11.3 Å². The number of thiophene rings is 1. The van der Waals surface area contributed by atoms with E-state index in [0.29, 0.717) is 5.02 Å². The number of benzene rings is 1. The van der Waals surface area contributed by atoms with Crippen LogP contribution in [0, 0.1) is 0 Å². The number of fused-ring (bicyclic) bond motifs is 3. The highest BCUT2D eigenvalue weighted by Crippen LogP contribution is 2.38. The fourth-order valence-electron chi connectivity index (χ4n) is 3.15. The Morgan fingerprint density at radius 1 is 1.27 bits per heavy atom. The summed E-state index contributed by atoms with van der Waals surface area (Å²) in [7, 11) is 2.20. The first-order valence-corrected chi connectivity index (χ1v) is 8.60. The summed E-state index contributed by atoms with van der Waals surface area (Å²) in [6, 6.07) is 7.57. The molecule has 4 rings (SSSR count). The lowest BCUT2D eigenvalue weighted by molar-refractivity contribution is -0.895. The Kier molecular flexibility index (Phi) is 3.36. The first-order valence-electron chi connectivity index (χ1n) is 7.40. The van der Waals surface area contributed by atoms with Crippen molar-refractivity contribution in [3.05, 3.63) is 50.9 Å². The van der Waals surface area contributed by atoms with Crippen LogP contribution in [0.1, 0.15) is 32.5 Å². The number of amides is 1. The maximum atomic E-state index is 12.6. The number of hydrogen-bond donors (Lipinski definition) is 3. The summed E-state index contributed by atoms with van der Waals surface area (Å²) in [5.74, 6) is 0.0331. The third kappa shape index (κ3) is 2.29. The molecular weight excluding hydrogens is 318 g/mol.